The van der Waals surface area contributed by atoms with E-state index in [4.69, 9.17) is 0 Å². The molecule has 0 spiro atoms. The Bertz CT molecular complexity index is 727. The summed E-state index contributed by atoms with van der Waals surface area (Å²) in [5.74, 6) is 1.26. The first-order chi connectivity index (χ1) is 11.0. The Kier molecular flexibility index (Phi) is 4.12. The second-order valence-electron chi connectivity index (χ2n) is 6.14. The van der Waals surface area contributed by atoms with E-state index < -0.39 is 0 Å². The Morgan fingerprint density at radius 2 is 2.13 bits per heavy atom. The van der Waals surface area contributed by atoms with Crippen LogP contribution in [-0.4, -0.2) is 44.6 Å². The summed E-state index contributed by atoms with van der Waals surface area (Å²) in [6.07, 6.45) is 0. The second kappa shape index (κ2) is 6.08. The predicted molar refractivity (Wildman–Crippen MR) is 82.8 cm³/mol. The van der Waals surface area contributed by atoms with Gasteiger partial charge in [-0.15, -0.1) is 10.2 Å². The fourth-order valence-electron chi connectivity index (χ4n) is 2.92. The molecule has 23 heavy (non-hydrogen) atoms. The van der Waals surface area contributed by atoms with E-state index in [1.165, 1.54) is 12.1 Å². The van der Waals surface area contributed by atoms with E-state index in [0.29, 0.717) is 19.6 Å². The average molecular weight is 317 g/mol. The Morgan fingerprint density at radius 3 is 2.83 bits per heavy atom. The van der Waals surface area contributed by atoms with Crippen molar-refractivity contribution in [1.29, 1.82) is 0 Å². The van der Waals surface area contributed by atoms with E-state index in [-0.39, 0.29) is 17.8 Å². The predicted octanol–water partition coefficient (Wildman–Crippen LogP) is 1.58. The number of halogens is 1. The maximum absolute atomic E-state index is 13.3. The minimum atomic E-state index is -0.350. The van der Waals surface area contributed by atoms with E-state index in [1.807, 2.05) is 36.6 Å². The highest BCUT2D eigenvalue weighted by Gasteiger charge is 2.33. The van der Waals surface area contributed by atoms with E-state index in [1.54, 1.807) is 11.0 Å². The Morgan fingerprint density at radius 1 is 1.35 bits per heavy atom. The third-order valence-corrected chi connectivity index (χ3v) is 3.95. The van der Waals surface area contributed by atoms with E-state index >= 15 is 0 Å². The molecule has 3 rings (SSSR count). The monoisotopic (exact) mass is 317 g/mol. The SMILES string of the molecule is C[C@H]1C(=O)N(Cc2cccc(F)c2)Cc2nnc(CN(C)C)n21. The van der Waals surface area contributed by atoms with Gasteiger partial charge in [0.2, 0.25) is 5.91 Å². The maximum Gasteiger partial charge on any atom is 0.246 e. The van der Waals surface area contributed by atoms with Crippen LogP contribution in [0.2, 0.25) is 0 Å². The van der Waals surface area contributed by atoms with Gasteiger partial charge in [-0.25, -0.2) is 4.39 Å². The van der Waals surface area contributed by atoms with Crippen molar-refractivity contribution in [3.8, 4) is 0 Å². The number of fused-ring (bicyclic) bond motifs is 1. The average Bonchev–Trinajstić information content (AvgIpc) is 2.86. The molecule has 1 aromatic heterocycles. The quantitative estimate of drug-likeness (QED) is 0.859. The van der Waals surface area contributed by atoms with Gasteiger partial charge in [0.05, 0.1) is 13.1 Å². The van der Waals surface area contributed by atoms with Crippen LogP contribution < -0.4 is 0 Å². The fraction of sp³-hybridized carbons (Fsp3) is 0.438. The zero-order chi connectivity index (χ0) is 16.6. The lowest BCUT2D eigenvalue weighted by molar-refractivity contribution is -0.137. The van der Waals surface area contributed by atoms with Crippen LogP contribution in [0.4, 0.5) is 4.39 Å². The normalized spacial score (nSPS) is 17.7. The van der Waals surface area contributed by atoms with Crippen molar-refractivity contribution in [1.82, 2.24) is 24.6 Å². The summed E-state index contributed by atoms with van der Waals surface area (Å²) in [5, 5.41) is 8.43. The van der Waals surface area contributed by atoms with Crippen LogP contribution in [0.25, 0.3) is 0 Å². The Balaban J connectivity index is 1.84. The molecule has 2 aromatic rings. The molecule has 1 atom stereocenters. The fourth-order valence-corrected chi connectivity index (χ4v) is 2.92. The molecule has 1 amide bonds. The molecule has 0 saturated heterocycles. The molecular weight excluding hydrogens is 297 g/mol. The van der Waals surface area contributed by atoms with Crippen LogP contribution in [0.5, 0.6) is 0 Å². The van der Waals surface area contributed by atoms with Gasteiger partial charge in [-0.2, -0.15) is 0 Å². The second-order valence-corrected chi connectivity index (χ2v) is 6.14. The first-order valence-electron chi connectivity index (χ1n) is 7.56. The summed E-state index contributed by atoms with van der Waals surface area (Å²) in [6.45, 7) is 3.25. The molecule has 1 aromatic carbocycles. The van der Waals surface area contributed by atoms with Gasteiger partial charge in [0.1, 0.15) is 17.7 Å². The number of amides is 1. The van der Waals surface area contributed by atoms with Crippen LogP contribution in [0.3, 0.4) is 0 Å². The molecule has 1 aliphatic heterocycles. The van der Waals surface area contributed by atoms with Gasteiger partial charge in [0, 0.05) is 6.54 Å². The summed E-state index contributed by atoms with van der Waals surface area (Å²) in [7, 11) is 3.90. The van der Waals surface area contributed by atoms with Gasteiger partial charge in [0.25, 0.3) is 0 Å². The number of carbonyl (C=O) groups is 1. The molecule has 6 nitrogen and oxygen atoms in total. The van der Waals surface area contributed by atoms with E-state index in [9.17, 15) is 9.18 Å². The van der Waals surface area contributed by atoms with Gasteiger partial charge < -0.3 is 9.80 Å². The molecule has 7 heteroatoms. The number of hydrogen-bond acceptors (Lipinski definition) is 4. The molecule has 0 fully saturated rings. The van der Waals surface area contributed by atoms with Gasteiger partial charge in [-0.3, -0.25) is 9.36 Å². The highest BCUT2D eigenvalue weighted by molar-refractivity contribution is 5.81. The minimum Gasteiger partial charge on any atom is -0.329 e. The van der Waals surface area contributed by atoms with Crippen LogP contribution in [-0.2, 0) is 24.4 Å². The largest absolute Gasteiger partial charge is 0.329 e. The minimum absolute atomic E-state index is 0.00145. The molecule has 0 N–H and O–H groups in total. The molecule has 0 saturated carbocycles. The van der Waals surface area contributed by atoms with Crippen LogP contribution in [0.15, 0.2) is 24.3 Å². The number of rotatable bonds is 4. The van der Waals surface area contributed by atoms with Crippen molar-refractivity contribution in [2.75, 3.05) is 14.1 Å². The molecule has 0 unspecified atom stereocenters. The molecule has 1 aliphatic rings. The zero-order valence-electron chi connectivity index (χ0n) is 13.5. The third kappa shape index (κ3) is 3.10. The molecule has 122 valence electrons. The summed E-state index contributed by atoms with van der Waals surface area (Å²) in [6, 6.07) is 5.97. The van der Waals surface area contributed by atoms with Gasteiger partial charge in [-0.1, -0.05) is 12.1 Å². The number of carbonyl (C=O) groups excluding carboxylic acids is 1. The number of hydrogen-bond donors (Lipinski definition) is 0. The Labute approximate surface area is 134 Å². The maximum atomic E-state index is 13.3. The summed E-state index contributed by atoms with van der Waals surface area (Å²) in [5.41, 5.74) is 0.770. The number of nitrogens with zero attached hydrogens (tertiary/aromatic N) is 5. The first kappa shape index (κ1) is 15.6. The van der Waals surface area contributed by atoms with E-state index in [2.05, 4.69) is 10.2 Å². The first-order valence-corrected chi connectivity index (χ1v) is 7.56. The van der Waals surface area contributed by atoms with Crippen molar-refractivity contribution in [2.45, 2.75) is 32.6 Å². The van der Waals surface area contributed by atoms with Crippen molar-refractivity contribution < 1.29 is 9.18 Å². The van der Waals surface area contributed by atoms with Crippen molar-refractivity contribution in [3.63, 3.8) is 0 Å². The lowest BCUT2D eigenvalue weighted by Gasteiger charge is -2.32. The Hall–Kier alpha value is -2.28. The molecule has 0 aliphatic carbocycles. The van der Waals surface area contributed by atoms with Gasteiger partial charge in [0.15, 0.2) is 5.82 Å². The molecule has 2 heterocycles. The van der Waals surface area contributed by atoms with Crippen LogP contribution in [0.1, 0.15) is 30.2 Å². The van der Waals surface area contributed by atoms with Crippen LogP contribution in [0, 0.1) is 5.82 Å². The standard InChI is InChI=1S/C16H20FN5O/c1-11-16(23)21(8-12-5-4-6-13(17)7-12)10-15-19-18-14(22(11)15)9-20(2)3/h4-7,11H,8-10H2,1-3H3/t11-/m0/s1. The smallest absolute Gasteiger partial charge is 0.246 e. The van der Waals surface area contributed by atoms with Crippen LogP contribution >= 0.6 is 0 Å². The van der Waals surface area contributed by atoms with E-state index in [0.717, 1.165) is 17.2 Å². The molecule has 0 radical (unpaired) electrons. The molecular formula is C16H20FN5O. The van der Waals surface area contributed by atoms with Crippen molar-refractivity contribution >= 4 is 5.91 Å². The number of aromatic nitrogens is 3. The van der Waals surface area contributed by atoms with Gasteiger partial charge >= 0.3 is 0 Å². The topological polar surface area (TPSA) is 54.3 Å². The van der Waals surface area contributed by atoms with Crippen molar-refractivity contribution in [2.24, 2.45) is 0 Å². The molecule has 0 bridgehead atoms. The third-order valence-electron chi connectivity index (χ3n) is 3.95. The lowest BCUT2D eigenvalue weighted by atomic mass is 10.1. The lowest BCUT2D eigenvalue weighted by Crippen LogP contribution is -2.42. The van der Waals surface area contributed by atoms with Crippen molar-refractivity contribution in [3.05, 3.63) is 47.3 Å². The summed E-state index contributed by atoms with van der Waals surface area (Å²) < 4.78 is 15.2. The highest BCUT2D eigenvalue weighted by atomic mass is 19.1. The zero-order valence-corrected chi connectivity index (χ0v) is 13.5. The van der Waals surface area contributed by atoms with Gasteiger partial charge in [-0.05, 0) is 38.7 Å². The summed E-state index contributed by atoms with van der Waals surface area (Å²) in [4.78, 5) is 16.3. The number of benzene rings is 1. The summed E-state index contributed by atoms with van der Waals surface area (Å²) >= 11 is 0. The highest BCUT2D eigenvalue weighted by Crippen LogP contribution is 2.24.